The zero-order chi connectivity index (χ0) is 13.7. The number of likely N-dealkylation sites (tertiary alicyclic amines) is 1. The summed E-state index contributed by atoms with van der Waals surface area (Å²) >= 11 is 0. The Morgan fingerprint density at radius 3 is 2.35 bits per heavy atom. The van der Waals surface area contributed by atoms with Crippen molar-refractivity contribution in [3.05, 3.63) is 23.8 Å². The third kappa shape index (κ3) is 1.72. The van der Waals surface area contributed by atoms with Crippen molar-refractivity contribution in [2.45, 2.75) is 38.5 Å². The number of hydrogen-bond donors (Lipinski definition) is 0. The van der Waals surface area contributed by atoms with Crippen LogP contribution in [0.1, 0.15) is 38.5 Å². The van der Waals surface area contributed by atoms with Gasteiger partial charge in [0.1, 0.15) is 0 Å². The van der Waals surface area contributed by atoms with Gasteiger partial charge in [-0.1, -0.05) is 23.8 Å². The van der Waals surface area contributed by atoms with Crippen LogP contribution in [0.15, 0.2) is 23.8 Å². The Kier molecular flexibility index (Phi) is 2.83. The number of imide groups is 1. The molecule has 1 aliphatic heterocycles. The molecule has 3 heteroatoms. The van der Waals surface area contributed by atoms with Crippen LogP contribution in [0.3, 0.4) is 0 Å². The first-order valence-corrected chi connectivity index (χ1v) is 7.97. The average Bonchev–Trinajstić information content (AvgIpc) is 3.13. The Balaban J connectivity index is 1.46. The quantitative estimate of drug-likeness (QED) is 0.584. The van der Waals surface area contributed by atoms with E-state index in [9.17, 15) is 9.59 Å². The van der Waals surface area contributed by atoms with Crippen LogP contribution in [-0.4, -0.2) is 23.3 Å². The van der Waals surface area contributed by atoms with E-state index in [0.29, 0.717) is 18.4 Å². The van der Waals surface area contributed by atoms with Crippen molar-refractivity contribution in [2.24, 2.45) is 23.7 Å². The van der Waals surface area contributed by atoms with Gasteiger partial charge in [0, 0.05) is 6.54 Å². The lowest BCUT2D eigenvalue weighted by molar-refractivity contribution is -0.140. The van der Waals surface area contributed by atoms with Gasteiger partial charge in [0.15, 0.2) is 0 Å². The predicted molar refractivity (Wildman–Crippen MR) is 75.6 cm³/mol. The average molecular weight is 271 g/mol. The lowest BCUT2D eigenvalue weighted by atomic mass is 9.85. The van der Waals surface area contributed by atoms with E-state index in [2.05, 4.69) is 18.2 Å². The molecule has 0 spiro atoms. The van der Waals surface area contributed by atoms with Gasteiger partial charge >= 0.3 is 0 Å². The molecule has 2 amide bonds. The summed E-state index contributed by atoms with van der Waals surface area (Å²) in [6, 6.07) is 0. The predicted octanol–water partition coefficient (Wildman–Crippen LogP) is 2.68. The van der Waals surface area contributed by atoms with Crippen molar-refractivity contribution >= 4 is 11.8 Å². The van der Waals surface area contributed by atoms with Gasteiger partial charge in [-0.3, -0.25) is 14.5 Å². The molecule has 1 saturated heterocycles. The molecule has 3 aliphatic carbocycles. The molecule has 106 valence electrons. The first-order valence-electron chi connectivity index (χ1n) is 7.97. The minimum Gasteiger partial charge on any atom is -0.282 e. The highest BCUT2D eigenvalue weighted by Gasteiger charge is 2.58. The smallest absolute Gasteiger partial charge is 0.233 e. The SMILES string of the molecule is O=C1[C@@H]2[C@@H](C(=O)N1CCC1=CCCCC1)[C@H]1C=C[C@@H]2C1. The molecule has 2 bridgehead atoms. The summed E-state index contributed by atoms with van der Waals surface area (Å²) in [6.07, 6.45) is 13.4. The molecule has 20 heavy (non-hydrogen) atoms. The highest BCUT2D eigenvalue weighted by molar-refractivity contribution is 6.06. The van der Waals surface area contributed by atoms with E-state index in [0.717, 1.165) is 25.7 Å². The number of rotatable bonds is 3. The number of amides is 2. The topological polar surface area (TPSA) is 37.4 Å². The van der Waals surface area contributed by atoms with Crippen molar-refractivity contribution in [3.8, 4) is 0 Å². The maximum Gasteiger partial charge on any atom is 0.233 e. The molecular formula is C17H21NO2. The van der Waals surface area contributed by atoms with Crippen LogP contribution in [0.4, 0.5) is 0 Å². The summed E-state index contributed by atoms with van der Waals surface area (Å²) in [4.78, 5) is 26.6. The van der Waals surface area contributed by atoms with Gasteiger partial charge in [0.25, 0.3) is 0 Å². The summed E-state index contributed by atoms with van der Waals surface area (Å²) < 4.78 is 0. The molecule has 4 aliphatic rings. The standard InChI is InChI=1S/C17H21NO2/c19-16-14-12-6-7-13(10-12)15(14)17(20)18(16)9-8-11-4-2-1-3-5-11/h4,6-7,12-15H,1-3,5,8-10H2/t12-,13+,14-,15-/m0/s1. The van der Waals surface area contributed by atoms with E-state index in [4.69, 9.17) is 0 Å². The van der Waals surface area contributed by atoms with E-state index in [1.807, 2.05) is 0 Å². The monoisotopic (exact) mass is 271 g/mol. The Bertz CT molecular complexity index is 489. The lowest BCUT2D eigenvalue weighted by Gasteiger charge is -2.19. The minimum absolute atomic E-state index is 0.0298. The van der Waals surface area contributed by atoms with Crippen LogP contribution < -0.4 is 0 Å². The van der Waals surface area contributed by atoms with Crippen molar-refractivity contribution in [3.63, 3.8) is 0 Å². The molecule has 4 rings (SSSR count). The second-order valence-corrected chi connectivity index (χ2v) is 6.69. The summed E-state index contributed by atoms with van der Waals surface area (Å²) in [5.74, 6) is 0.817. The van der Waals surface area contributed by atoms with Crippen molar-refractivity contribution in [1.82, 2.24) is 4.90 Å². The Labute approximate surface area is 119 Å². The second kappa shape index (κ2) is 4.57. The van der Waals surface area contributed by atoms with Crippen LogP contribution >= 0.6 is 0 Å². The molecule has 0 aromatic heterocycles. The first kappa shape index (κ1) is 12.4. The van der Waals surface area contributed by atoms with Gasteiger partial charge in [0.05, 0.1) is 11.8 Å². The molecule has 3 nitrogen and oxygen atoms in total. The number of allylic oxidation sites excluding steroid dienone is 3. The zero-order valence-electron chi connectivity index (χ0n) is 11.8. The molecule has 0 aromatic carbocycles. The fraction of sp³-hybridized carbons (Fsp3) is 0.647. The normalized spacial score (nSPS) is 38.6. The fourth-order valence-electron chi connectivity index (χ4n) is 4.57. The van der Waals surface area contributed by atoms with Crippen molar-refractivity contribution in [1.29, 1.82) is 0 Å². The summed E-state index contributed by atoms with van der Waals surface area (Å²) in [5.41, 5.74) is 1.44. The molecule has 1 saturated carbocycles. The van der Waals surface area contributed by atoms with E-state index in [1.165, 1.54) is 18.4 Å². The molecule has 0 N–H and O–H groups in total. The molecular weight excluding hydrogens is 250 g/mol. The number of carbonyl (C=O) groups excluding carboxylic acids is 2. The van der Waals surface area contributed by atoms with Crippen LogP contribution in [-0.2, 0) is 9.59 Å². The Morgan fingerprint density at radius 1 is 1.05 bits per heavy atom. The highest BCUT2D eigenvalue weighted by atomic mass is 16.2. The Hall–Kier alpha value is -1.38. The van der Waals surface area contributed by atoms with E-state index in [-0.39, 0.29) is 23.7 Å². The summed E-state index contributed by atoms with van der Waals surface area (Å²) in [5, 5.41) is 0. The van der Waals surface area contributed by atoms with Gasteiger partial charge < -0.3 is 0 Å². The maximum atomic E-state index is 12.5. The molecule has 2 fully saturated rings. The van der Waals surface area contributed by atoms with Crippen LogP contribution in [0.2, 0.25) is 0 Å². The molecule has 4 atom stereocenters. The van der Waals surface area contributed by atoms with Gasteiger partial charge in [-0.15, -0.1) is 0 Å². The molecule has 0 unspecified atom stereocenters. The maximum absolute atomic E-state index is 12.5. The number of carbonyl (C=O) groups is 2. The van der Waals surface area contributed by atoms with Gasteiger partial charge in [0.2, 0.25) is 11.8 Å². The third-order valence-electron chi connectivity index (χ3n) is 5.60. The van der Waals surface area contributed by atoms with Crippen LogP contribution in [0, 0.1) is 23.7 Å². The fourth-order valence-corrected chi connectivity index (χ4v) is 4.57. The summed E-state index contributed by atoms with van der Waals surface area (Å²) in [6.45, 7) is 0.607. The lowest BCUT2D eigenvalue weighted by Crippen LogP contribution is -2.34. The third-order valence-corrected chi connectivity index (χ3v) is 5.60. The highest BCUT2D eigenvalue weighted by Crippen LogP contribution is 2.52. The number of hydrogen-bond acceptors (Lipinski definition) is 2. The molecule has 1 heterocycles. The van der Waals surface area contributed by atoms with Crippen LogP contribution in [0.5, 0.6) is 0 Å². The van der Waals surface area contributed by atoms with Crippen molar-refractivity contribution < 1.29 is 9.59 Å². The number of nitrogens with zero attached hydrogens (tertiary/aromatic N) is 1. The van der Waals surface area contributed by atoms with Gasteiger partial charge in [-0.2, -0.15) is 0 Å². The van der Waals surface area contributed by atoms with E-state index < -0.39 is 0 Å². The molecule has 0 radical (unpaired) electrons. The van der Waals surface area contributed by atoms with Crippen molar-refractivity contribution in [2.75, 3.05) is 6.54 Å². The van der Waals surface area contributed by atoms with E-state index in [1.54, 1.807) is 4.90 Å². The largest absolute Gasteiger partial charge is 0.282 e. The first-order chi connectivity index (χ1) is 9.75. The zero-order valence-corrected chi connectivity index (χ0v) is 11.8. The van der Waals surface area contributed by atoms with E-state index >= 15 is 0 Å². The Morgan fingerprint density at radius 2 is 1.75 bits per heavy atom. The van der Waals surface area contributed by atoms with Crippen LogP contribution in [0.25, 0.3) is 0 Å². The summed E-state index contributed by atoms with van der Waals surface area (Å²) in [7, 11) is 0. The number of fused-ring (bicyclic) bond motifs is 5. The second-order valence-electron chi connectivity index (χ2n) is 6.69. The molecule has 0 aromatic rings. The minimum atomic E-state index is -0.0298. The van der Waals surface area contributed by atoms with Gasteiger partial charge in [-0.25, -0.2) is 0 Å². The van der Waals surface area contributed by atoms with Gasteiger partial charge in [-0.05, 0) is 50.4 Å².